The van der Waals surface area contributed by atoms with Gasteiger partial charge in [0.1, 0.15) is 0 Å². The molecule has 0 aromatic carbocycles. The number of ketones is 1. The predicted octanol–water partition coefficient (Wildman–Crippen LogP) is 3.28. The lowest BCUT2D eigenvalue weighted by Crippen LogP contribution is -2.28. The fraction of sp³-hybridized carbons (Fsp3) is 0.250. The molecule has 1 amide bonds. The Bertz CT molecular complexity index is 889. The van der Waals surface area contributed by atoms with E-state index in [0.29, 0.717) is 15.0 Å². The number of carbonyl (C=O) groups is 2. The van der Waals surface area contributed by atoms with Crippen molar-refractivity contribution < 1.29 is 9.59 Å². The van der Waals surface area contributed by atoms with Crippen molar-refractivity contribution in [2.24, 2.45) is 0 Å². The zero-order chi connectivity index (χ0) is 17.1. The Balaban J connectivity index is 1.57. The number of pyridine rings is 1. The minimum atomic E-state index is -0.304. The van der Waals surface area contributed by atoms with E-state index in [0.717, 1.165) is 5.65 Å². The van der Waals surface area contributed by atoms with Crippen molar-refractivity contribution in [3.8, 4) is 0 Å². The van der Waals surface area contributed by atoms with E-state index >= 15 is 0 Å². The van der Waals surface area contributed by atoms with E-state index in [1.165, 1.54) is 11.3 Å². The first-order chi connectivity index (χ1) is 11.5. The third kappa shape index (κ3) is 3.63. The molecule has 0 radical (unpaired) electrons. The summed E-state index contributed by atoms with van der Waals surface area (Å²) >= 11 is 7.04. The molecule has 6 nitrogen and oxygen atoms in total. The van der Waals surface area contributed by atoms with Gasteiger partial charge in [0.05, 0.1) is 15.3 Å². The van der Waals surface area contributed by atoms with E-state index in [4.69, 9.17) is 11.6 Å². The number of aromatic nitrogens is 3. The van der Waals surface area contributed by atoms with Crippen LogP contribution < -0.4 is 5.32 Å². The Morgan fingerprint density at radius 2 is 2.08 bits per heavy atom. The number of carbonyl (C=O) groups excluding carboxylic acids is 2. The second-order valence-electron chi connectivity index (χ2n) is 5.30. The highest BCUT2D eigenvalue weighted by Gasteiger charge is 2.17. The predicted molar refractivity (Wildman–Crippen MR) is 92.4 cm³/mol. The minimum Gasteiger partial charge on any atom is -0.346 e. The minimum absolute atomic E-state index is 0.0809. The molecular formula is C16H15ClN4O2S. The van der Waals surface area contributed by atoms with Crippen LogP contribution in [0.15, 0.2) is 36.5 Å². The van der Waals surface area contributed by atoms with Crippen molar-refractivity contribution in [1.82, 2.24) is 19.9 Å². The van der Waals surface area contributed by atoms with Gasteiger partial charge < -0.3 is 5.32 Å². The summed E-state index contributed by atoms with van der Waals surface area (Å²) in [6.45, 7) is 1.84. The van der Waals surface area contributed by atoms with Gasteiger partial charge in [0, 0.05) is 19.0 Å². The Morgan fingerprint density at radius 3 is 2.83 bits per heavy atom. The van der Waals surface area contributed by atoms with Crippen molar-refractivity contribution >= 4 is 40.3 Å². The van der Waals surface area contributed by atoms with E-state index in [-0.39, 0.29) is 30.6 Å². The molecule has 3 heterocycles. The quantitative estimate of drug-likeness (QED) is 0.683. The molecule has 1 unspecified atom stereocenters. The maximum Gasteiger partial charge on any atom is 0.221 e. The molecule has 0 bridgehead atoms. The lowest BCUT2D eigenvalue weighted by atomic mass is 10.2. The highest BCUT2D eigenvalue weighted by molar-refractivity contribution is 7.18. The van der Waals surface area contributed by atoms with Gasteiger partial charge in [-0.25, -0.2) is 0 Å². The summed E-state index contributed by atoms with van der Waals surface area (Å²) in [4.78, 5) is 24.7. The number of amides is 1. The van der Waals surface area contributed by atoms with E-state index in [1.807, 2.05) is 35.7 Å². The lowest BCUT2D eigenvalue weighted by molar-refractivity contribution is -0.121. The van der Waals surface area contributed by atoms with Crippen LogP contribution in [0.1, 0.15) is 41.3 Å². The van der Waals surface area contributed by atoms with Crippen molar-refractivity contribution in [1.29, 1.82) is 0 Å². The molecule has 0 saturated carbocycles. The first kappa shape index (κ1) is 16.6. The lowest BCUT2D eigenvalue weighted by Gasteiger charge is -2.12. The number of thiophene rings is 1. The summed E-state index contributed by atoms with van der Waals surface area (Å²) in [6, 6.07) is 8.64. The van der Waals surface area contributed by atoms with Crippen LogP contribution in [-0.4, -0.2) is 26.3 Å². The van der Waals surface area contributed by atoms with Gasteiger partial charge in [0.25, 0.3) is 0 Å². The Hall–Kier alpha value is -2.25. The number of halogens is 1. The highest BCUT2D eigenvalue weighted by atomic mass is 35.5. The van der Waals surface area contributed by atoms with Crippen LogP contribution in [0.4, 0.5) is 0 Å². The van der Waals surface area contributed by atoms with Crippen LogP contribution >= 0.6 is 22.9 Å². The van der Waals surface area contributed by atoms with Gasteiger partial charge in [-0.05, 0) is 31.2 Å². The summed E-state index contributed by atoms with van der Waals surface area (Å²) in [5.41, 5.74) is 0.721. The Labute approximate surface area is 147 Å². The number of hydrogen-bond acceptors (Lipinski definition) is 5. The van der Waals surface area contributed by atoms with Crippen molar-refractivity contribution in [2.75, 3.05) is 0 Å². The zero-order valence-electron chi connectivity index (χ0n) is 12.9. The summed E-state index contributed by atoms with van der Waals surface area (Å²) in [5, 5.41) is 11.0. The number of Topliss-reactive ketones (excluding diaryl/α,β-unsaturated/α-hetero) is 1. The van der Waals surface area contributed by atoms with Gasteiger partial charge in [0.2, 0.25) is 5.91 Å². The van der Waals surface area contributed by atoms with Crippen LogP contribution in [-0.2, 0) is 4.79 Å². The zero-order valence-corrected chi connectivity index (χ0v) is 14.5. The van der Waals surface area contributed by atoms with Gasteiger partial charge in [-0.3, -0.25) is 14.0 Å². The van der Waals surface area contributed by atoms with Crippen LogP contribution in [0.2, 0.25) is 4.34 Å². The van der Waals surface area contributed by atoms with Gasteiger partial charge in [-0.1, -0.05) is 17.7 Å². The highest BCUT2D eigenvalue weighted by Crippen LogP contribution is 2.23. The number of nitrogens with one attached hydrogen (secondary N) is 1. The fourth-order valence-corrected chi connectivity index (χ4v) is 3.36. The van der Waals surface area contributed by atoms with E-state index in [9.17, 15) is 9.59 Å². The first-order valence-corrected chi connectivity index (χ1v) is 8.61. The topological polar surface area (TPSA) is 76.4 Å². The summed E-state index contributed by atoms with van der Waals surface area (Å²) < 4.78 is 2.39. The SMILES string of the molecule is CC(NC(=O)CCC(=O)c1ccc(Cl)s1)c1nnc2ccccn12. The molecule has 0 fully saturated rings. The molecule has 0 aliphatic rings. The molecule has 0 spiro atoms. The first-order valence-electron chi connectivity index (χ1n) is 7.42. The average Bonchev–Trinajstić information content (AvgIpc) is 3.18. The molecule has 8 heteroatoms. The van der Waals surface area contributed by atoms with Gasteiger partial charge in [-0.2, -0.15) is 0 Å². The number of fused-ring (bicyclic) bond motifs is 1. The van der Waals surface area contributed by atoms with E-state index < -0.39 is 0 Å². The second-order valence-corrected chi connectivity index (χ2v) is 7.02. The van der Waals surface area contributed by atoms with Crippen LogP contribution in [0.3, 0.4) is 0 Å². The normalized spacial score (nSPS) is 12.2. The molecular weight excluding hydrogens is 348 g/mol. The molecule has 3 aromatic rings. The molecule has 1 atom stereocenters. The van der Waals surface area contributed by atoms with Crippen LogP contribution in [0.5, 0.6) is 0 Å². The third-order valence-electron chi connectivity index (χ3n) is 3.53. The monoisotopic (exact) mass is 362 g/mol. The number of nitrogens with zero attached hydrogens (tertiary/aromatic N) is 3. The largest absolute Gasteiger partial charge is 0.346 e. The van der Waals surface area contributed by atoms with Crippen molar-refractivity contribution in [3.63, 3.8) is 0 Å². The molecule has 0 aliphatic heterocycles. The maximum absolute atomic E-state index is 12.1. The third-order valence-corrected chi connectivity index (χ3v) is 4.80. The van der Waals surface area contributed by atoms with Gasteiger partial charge in [-0.15, -0.1) is 21.5 Å². The summed E-state index contributed by atoms with van der Waals surface area (Å²) in [7, 11) is 0. The molecule has 24 heavy (non-hydrogen) atoms. The van der Waals surface area contributed by atoms with Gasteiger partial charge >= 0.3 is 0 Å². The van der Waals surface area contributed by atoms with Crippen LogP contribution in [0, 0.1) is 0 Å². The van der Waals surface area contributed by atoms with Crippen LogP contribution in [0.25, 0.3) is 5.65 Å². The Kier molecular flexibility index (Phi) is 4.92. The smallest absolute Gasteiger partial charge is 0.221 e. The molecule has 3 aromatic heterocycles. The molecule has 1 N–H and O–H groups in total. The van der Waals surface area contributed by atoms with Crippen molar-refractivity contribution in [3.05, 3.63) is 51.6 Å². The number of hydrogen-bond donors (Lipinski definition) is 1. The maximum atomic E-state index is 12.1. The number of rotatable bonds is 6. The molecule has 3 rings (SSSR count). The molecule has 124 valence electrons. The standard InChI is InChI=1S/C16H15ClN4O2S/c1-10(16-20-19-14-4-2-3-9-21(14)16)18-15(23)8-5-11(22)12-6-7-13(17)24-12/h2-4,6-7,9-10H,5,8H2,1H3,(H,18,23). The second kappa shape index (κ2) is 7.11. The summed E-state index contributed by atoms with van der Waals surface area (Å²) in [5.74, 6) is 0.365. The molecule has 0 aliphatic carbocycles. The molecule has 0 saturated heterocycles. The van der Waals surface area contributed by atoms with Crippen molar-refractivity contribution in [2.45, 2.75) is 25.8 Å². The van der Waals surface area contributed by atoms with Gasteiger partial charge in [0.15, 0.2) is 17.3 Å². The Morgan fingerprint density at radius 1 is 1.25 bits per heavy atom. The summed E-state index contributed by atoms with van der Waals surface area (Å²) in [6.07, 6.45) is 2.11. The van der Waals surface area contributed by atoms with E-state index in [2.05, 4.69) is 15.5 Å². The average molecular weight is 363 g/mol. The fourth-order valence-electron chi connectivity index (χ4n) is 2.35. The van der Waals surface area contributed by atoms with E-state index in [1.54, 1.807) is 12.1 Å².